The third-order valence-electron chi connectivity index (χ3n) is 1.78. The molecule has 0 radical (unpaired) electrons. The van der Waals surface area contributed by atoms with Crippen LogP contribution >= 0.6 is 27.5 Å². The highest BCUT2D eigenvalue weighted by molar-refractivity contribution is 9.09. The molecule has 0 saturated heterocycles. The van der Waals surface area contributed by atoms with E-state index in [1.807, 2.05) is 19.1 Å². The monoisotopic (exact) mass is 275 g/mol. The molecule has 14 heavy (non-hydrogen) atoms. The van der Waals surface area contributed by atoms with Gasteiger partial charge in [-0.25, -0.2) is 0 Å². The lowest BCUT2D eigenvalue weighted by molar-refractivity contribution is -0.115. The van der Waals surface area contributed by atoms with Gasteiger partial charge in [-0.05, 0) is 30.7 Å². The number of nitrogens with one attached hydrogen (secondary N) is 1. The fourth-order valence-corrected chi connectivity index (χ4v) is 1.65. The summed E-state index contributed by atoms with van der Waals surface area (Å²) in [7, 11) is 0. The number of amides is 1. The van der Waals surface area contributed by atoms with Crippen LogP contribution in [-0.4, -0.2) is 11.2 Å². The maximum Gasteiger partial charge on any atom is 0.225 e. The zero-order chi connectivity index (χ0) is 10.6. The van der Waals surface area contributed by atoms with E-state index >= 15 is 0 Å². The summed E-state index contributed by atoms with van der Waals surface area (Å²) in [4.78, 5) is 11.3. The van der Waals surface area contributed by atoms with Crippen LogP contribution in [0.1, 0.15) is 12.0 Å². The molecule has 0 unspecified atom stereocenters. The van der Waals surface area contributed by atoms with Crippen LogP contribution in [0.15, 0.2) is 18.2 Å². The van der Waals surface area contributed by atoms with Gasteiger partial charge in [-0.3, -0.25) is 4.79 Å². The van der Waals surface area contributed by atoms with Gasteiger partial charge in [-0.2, -0.15) is 0 Å². The molecule has 0 aliphatic carbocycles. The largest absolute Gasteiger partial charge is 0.326 e. The summed E-state index contributed by atoms with van der Waals surface area (Å²) >= 11 is 9.01. The molecular weight excluding hydrogens is 265 g/mol. The van der Waals surface area contributed by atoms with Crippen molar-refractivity contribution in [1.82, 2.24) is 0 Å². The highest BCUT2D eigenvalue weighted by atomic mass is 79.9. The Bertz CT molecular complexity index is 341. The van der Waals surface area contributed by atoms with E-state index in [1.54, 1.807) is 6.07 Å². The molecule has 0 saturated carbocycles. The van der Waals surface area contributed by atoms with Gasteiger partial charge >= 0.3 is 0 Å². The number of alkyl halides is 1. The maximum atomic E-state index is 11.3. The van der Waals surface area contributed by atoms with E-state index in [1.165, 1.54) is 0 Å². The summed E-state index contributed by atoms with van der Waals surface area (Å²) in [6.45, 7) is 1.91. The Balaban J connectivity index is 2.72. The number of hydrogen-bond acceptors (Lipinski definition) is 1. The Labute approximate surface area is 96.8 Å². The van der Waals surface area contributed by atoms with Gasteiger partial charge in [0.15, 0.2) is 0 Å². The van der Waals surface area contributed by atoms with Crippen LogP contribution in [0, 0.1) is 6.92 Å². The molecule has 1 N–H and O–H groups in total. The Morgan fingerprint density at radius 2 is 2.29 bits per heavy atom. The molecule has 0 aliphatic rings. The second-order valence-electron chi connectivity index (χ2n) is 2.95. The average Bonchev–Trinajstić information content (AvgIpc) is 2.10. The number of hydrogen-bond donors (Lipinski definition) is 1. The predicted octanol–water partition coefficient (Wildman–Crippen LogP) is 3.37. The smallest absolute Gasteiger partial charge is 0.225 e. The summed E-state index contributed by atoms with van der Waals surface area (Å²) in [6.07, 6.45) is 0.474. The molecule has 0 aromatic heterocycles. The van der Waals surface area contributed by atoms with Crippen molar-refractivity contribution in [3.8, 4) is 0 Å². The zero-order valence-corrected chi connectivity index (χ0v) is 10.2. The highest BCUT2D eigenvalue weighted by Crippen LogP contribution is 2.19. The molecule has 76 valence electrons. The fourth-order valence-electron chi connectivity index (χ4n) is 1.07. The van der Waals surface area contributed by atoms with Crippen molar-refractivity contribution < 1.29 is 4.79 Å². The summed E-state index contributed by atoms with van der Waals surface area (Å²) in [6, 6.07) is 5.40. The zero-order valence-electron chi connectivity index (χ0n) is 7.81. The predicted molar refractivity (Wildman–Crippen MR) is 63.2 cm³/mol. The number of halogens is 2. The molecule has 1 rings (SSSR count). The van der Waals surface area contributed by atoms with Crippen molar-refractivity contribution >= 4 is 39.1 Å². The molecule has 0 atom stereocenters. The average molecular weight is 277 g/mol. The molecule has 2 nitrogen and oxygen atoms in total. The molecule has 1 aromatic carbocycles. The SMILES string of the molecule is Cc1cc(Cl)ccc1NC(=O)CCBr. The van der Waals surface area contributed by atoms with Gasteiger partial charge in [-0.1, -0.05) is 27.5 Å². The molecule has 0 spiro atoms. The first-order valence-corrected chi connectivity index (χ1v) is 5.75. The number of carbonyl (C=O) groups is 1. The normalized spacial score (nSPS) is 9.93. The van der Waals surface area contributed by atoms with E-state index in [2.05, 4.69) is 21.2 Å². The highest BCUT2D eigenvalue weighted by Gasteiger charge is 2.03. The Morgan fingerprint density at radius 1 is 1.57 bits per heavy atom. The summed E-state index contributed by atoms with van der Waals surface area (Å²) < 4.78 is 0. The second kappa shape index (κ2) is 5.37. The van der Waals surface area contributed by atoms with Gasteiger partial charge in [0.1, 0.15) is 0 Å². The molecule has 1 aromatic rings. The van der Waals surface area contributed by atoms with Gasteiger partial charge in [0, 0.05) is 22.5 Å². The topological polar surface area (TPSA) is 29.1 Å². The Morgan fingerprint density at radius 3 is 2.86 bits per heavy atom. The Hall–Kier alpha value is -0.540. The molecule has 4 heteroatoms. The van der Waals surface area contributed by atoms with Gasteiger partial charge in [0.25, 0.3) is 0 Å². The van der Waals surface area contributed by atoms with Gasteiger partial charge in [0.2, 0.25) is 5.91 Å². The third-order valence-corrected chi connectivity index (χ3v) is 2.42. The first kappa shape index (κ1) is 11.5. The molecule has 0 fully saturated rings. The first-order chi connectivity index (χ1) is 6.63. The summed E-state index contributed by atoms with van der Waals surface area (Å²) in [5, 5.41) is 4.16. The number of anilines is 1. The van der Waals surface area contributed by atoms with E-state index in [0.717, 1.165) is 11.3 Å². The van der Waals surface area contributed by atoms with E-state index in [-0.39, 0.29) is 5.91 Å². The van der Waals surface area contributed by atoms with E-state index < -0.39 is 0 Å². The van der Waals surface area contributed by atoms with Crippen LogP contribution in [0.25, 0.3) is 0 Å². The second-order valence-corrected chi connectivity index (χ2v) is 4.18. The fraction of sp³-hybridized carbons (Fsp3) is 0.300. The van der Waals surface area contributed by atoms with E-state index in [4.69, 9.17) is 11.6 Å². The summed E-state index contributed by atoms with van der Waals surface area (Å²) in [5.41, 5.74) is 1.79. The lowest BCUT2D eigenvalue weighted by Gasteiger charge is -2.07. The third kappa shape index (κ3) is 3.31. The van der Waals surface area contributed by atoms with Crippen LogP contribution in [0.4, 0.5) is 5.69 Å². The molecule has 0 aliphatic heterocycles. The van der Waals surface area contributed by atoms with E-state index in [0.29, 0.717) is 16.8 Å². The molecule has 0 heterocycles. The molecule has 1 amide bonds. The van der Waals surface area contributed by atoms with Gasteiger partial charge in [-0.15, -0.1) is 0 Å². The lowest BCUT2D eigenvalue weighted by atomic mass is 10.2. The minimum absolute atomic E-state index is 0.00676. The van der Waals surface area contributed by atoms with Crippen LogP contribution < -0.4 is 5.32 Å². The van der Waals surface area contributed by atoms with Crippen molar-refractivity contribution in [2.45, 2.75) is 13.3 Å². The maximum absolute atomic E-state index is 11.3. The number of rotatable bonds is 3. The van der Waals surface area contributed by atoms with E-state index in [9.17, 15) is 4.79 Å². The van der Waals surface area contributed by atoms with Gasteiger partial charge in [0.05, 0.1) is 0 Å². The molecule has 0 bridgehead atoms. The van der Waals surface area contributed by atoms with Crippen molar-refractivity contribution in [1.29, 1.82) is 0 Å². The van der Waals surface area contributed by atoms with Crippen molar-refractivity contribution in [2.24, 2.45) is 0 Å². The van der Waals surface area contributed by atoms with Crippen molar-refractivity contribution in [3.05, 3.63) is 28.8 Å². The molecular formula is C10H11BrClNO. The van der Waals surface area contributed by atoms with Crippen LogP contribution in [-0.2, 0) is 4.79 Å². The van der Waals surface area contributed by atoms with Crippen molar-refractivity contribution in [2.75, 3.05) is 10.6 Å². The number of benzene rings is 1. The standard InChI is InChI=1S/C10H11BrClNO/c1-7-6-8(12)2-3-9(7)13-10(14)4-5-11/h2-3,6H,4-5H2,1H3,(H,13,14). The first-order valence-electron chi connectivity index (χ1n) is 4.25. The van der Waals surface area contributed by atoms with Gasteiger partial charge < -0.3 is 5.32 Å². The number of aryl methyl sites for hydroxylation is 1. The van der Waals surface area contributed by atoms with Crippen molar-refractivity contribution in [3.63, 3.8) is 0 Å². The van der Waals surface area contributed by atoms with Crippen LogP contribution in [0.2, 0.25) is 5.02 Å². The van der Waals surface area contributed by atoms with Crippen LogP contribution in [0.3, 0.4) is 0 Å². The summed E-state index contributed by atoms with van der Waals surface area (Å²) in [5.74, 6) is 0.00676. The van der Waals surface area contributed by atoms with Crippen LogP contribution in [0.5, 0.6) is 0 Å². The minimum Gasteiger partial charge on any atom is -0.326 e. The minimum atomic E-state index is 0.00676. The number of carbonyl (C=O) groups excluding carboxylic acids is 1. The quantitative estimate of drug-likeness (QED) is 0.843. The Kier molecular flexibility index (Phi) is 4.42. The lowest BCUT2D eigenvalue weighted by Crippen LogP contribution is -2.12.